The number of ether oxygens (including phenoxy) is 1. The number of H-pyrrole nitrogens is 1. The van der Waals surface area contributed by atoms with Crippen molar-refractivity contribution < 1.29 is 35.9 Å². The third kappa shape index (κ3) is 4.26. The quantitative estimate of drug-likeness (QED) is 0.441. The number of benzene rings is 2. The van der Waals surface area contributed by atoms with Crippen LogP contribution in [0.4, 0.5) is 32.0 Å². The summed E-state index contributed by atoms with van der Waals surface area (Å²) in [6.45, 7) is 0.181. The van der Waals surface area contributed by atoms with Gasteiger partial charge >= 0.3 is 12.4 Å². The average molecular weight is 456 g/mol. The largest absolute Gasteiger partial charge is 0.493 e. The first-order chi connectivity index (χ1) is 15.0. The number of halogens is 6. The molecule has 0 saturated heterocycles. The molecule has 32 heavy (non-hydrogen) atoms. The van der Waals surface area contributed by atoms with Crippen LogP contribution in [-0.2, 0) is 17.4 Å². The highest BCUT2D eigenvalue weighted by Crippen LogP contribution is 2.58. The van der Waals surface area contributed by atoms with Crippen molar-refractivity contribution in [2.45, 2.75) is 31.6 Å². The Hall–Kier alpha value is -3.17. The predicted molar refractivity (Wildman–Crippen MR) is 105 cm³/mol. The molecule has 4 nitrogen and oxygen atoms in total. The number of carbonyl (C=O) groups excluding carboxylic acids is 1. The lowest BCUT2D eigenvalue weighted by atomic mass is 10.1. The third-order valence-corrected chi connectivity index (χ3v) is 5.56. The second-order valence-corrected chi connectivity index (χ2v) is 7.74. The second kappa shape index (κ2) is 7.75. The zero-order chi connectivity index (χ0) is 23.1. The maximum absolute atomic E-state index is 13.2. The minimum Gasteiger partial charge on any atom is -0.493 e. The van der Waals surface area contributed by atoms with E-state index >= 15 is 0 Å². The van der Waals surface area contributed by atoms with Crippen molar-refractivity contribution in [2.24, 2.45) is 5.41 Å². The molecule has 170 valence electrons. The summed E-state index contributed by atoms with van der Waals surface area (Å²) in [4.78, 5) is 15.2. The van der Waals surface area contributed by atoms with Crippen molar-refractivity contribution >= 4 is 22.5 Å². The van der Waals surface area contributed by atoms with E-state index in [9.17, 15) is 31.1 Å². The van der Waals surface area contributed by atoms with Crippen LogP contribution in [0.15, 0.2) is 48.7 Å². The van der Waals surface area contributed by atoms with E-state index < -0.39 is 29.2 Å². The van der Waals surface area contributed by atoms with Gasteiger partial charge in [-0.05, 0) is 54.8 Å². The molecule has 2 N–H and O–H groups in total. The lowest BCUT2D eigenvalue weighted by Gasteiger charge is -2.18. The fourth-order valence-electron chi connectivity index (χ4n) is 3.46. The molecular formula is C22H18F6N2O2. The first-order valence-electron chi connectivity index (χ1n) is 9.78. The molecule has 3 aromatic rings. The van der Waals surface area contributed by atoms with Crippen molar-refractivity contribution in [3.8, 4) is 5.75 Å². The molecule has 1 aliphatic rings. The van der Waals surface area contributed by atoms with Crippen molar-refractivity contribution in [2.75, 3.05) is 11.9 Å². The third-order valence-electron chi connectivity index (χ3n) is 5.56. The highest BCUT2D eigenvalue weighted by molar-refractivity contribution is 6.05. The molecule has 0 radical (unpaired) electrons. The van der Waals surface area contributed by atoms with Crippen molar-refractivity contribution in [3.05, 3.63) is 59.8 Å². The van der Waals surface area contributed by atoms with Crippen LogP contribution in [0.2, 0.25) is 0 Å². The molecule has 1 aliphatic carbocycles. The molecule has 4 rings (SSSR count). The van der Waals surface area contributed by atoms with Crippen LogP contribution in [0.1, 0.15) is 24.0 Å². The van der Waals surface area contributed by atoms with E-state index in [1.165, 1.54) is 18.3 Å². The number of carbonyl (C=O) groups is 1. The van der Waals surface area contributed by atoms with Gasteiger partial charge in [-0.1, -0.05) is 6.07 Å². The van der Waals surface area contributed by atoms with Crippen LogP contribution in [-0.4, -0.2) is 23.7 Å². The molecule has 1 amide bonds. The van der Waals surface area contributed by atoms with Gasteiger partial charge in [0.25, 0.3) is 0 Å². The number of anilines is 1. The number of alkyl halides is 6. The van der Waals surface area contributed by atoms with Gasteiger partial charge in [-0.25, -0.2) is 0 Å². The summed E-state index contributed by atoms with van der Waals surface area (Å²) in [5, 5.41) is 2.95. The fourth-order valence-corrected chi connectivity index (χ4v) is 3.46. The van der Waals surface area contributed by atoms with E-state index in [0.717, 1.165) is 17.7 Å². The van der Waals surface area contributed by atoms with Gasteiger partial charge in [0.05, 0.1) is 17.9 Å². The molecule has 2 aromatic carbocycles. The standard InChI is InChI=1S/C22H18F6N2O2/c23-21(24,25)14-2-4-15(5-3-14)32-10-7-13-1-6-17-16(11-13)18(12-29-17)30-19(31)20(8-9-20)22(26,27)28/h1-6,11-12,29H,7-10H2,(H,30,31). The average Bonchev–Trinajstić information content (AvgIpc) is 3.46. The summed E-state index contributed by atoms with van der Waals surface area (Å²) in [7, 11) is 0. The van der Waals surface area contributed by atoms with Crippen LogP contribution in [0, 0.1) is 5.41 Å². The summed E-state index contributed by atoms with van der Waals surface area (Å²) in [5.41, 5.74) is -1.40. The molecule has 1 fully saturated rings. The summed E-state index contributed by atoms with van der Waals surface area (Å²) in [5.74, 6) is -0.780. The monoisotopic (exact) mass is 456 g/mol. The fraction of sp³-hybridized carbons (Fsp3) is 0.318. The predicted octanol–water partition coefficient (Wildman–Crippen LogP) is 6.09. The maximum Gasteiger partial charge on any atom is 0.416 e. The highest BCUT2D eigenvalue weighted by atomic mass is 19.4. The number of amides is 1. The van der Waals surface area contributed by atoms with Gasteiger partial charge in [0.15, 0.2) is 0 Å². The molecule has 0 aliphatic heterocycles. The molecule has 1 aromatic heterocycles. The Bertz CT molecular complexity index is 1130. The van der Waals surface area contributed by atoms with E-state index in [2.05, 4.69) is 10.3 Å². The van der Waals surface area contributed by atoms with E-state index in [1.807, 2.05) is 0 Å². The first-order valence-corrected chi connectivity index (χ1v) is 9.78. The number of nitrogens with one attached hydrogen (secondary N) is 2. The molecule has 0 atom stereocenters. The Labute approximate surface area is 178 Å². The van der Waals surface area contributed by atoms with Crippen LogP contribution in [0.3, 0.4) is 0 Å². The Morgan fingerprint density at radius 1 is 1.03 bits per heavy atom. The molecule has 1 saturated carbocycles. The van der Waals surface area contributed by atoms with Crippen molar-refractivity contribution in [3.63, 3.8) is 0 Å². The van der Waals surface area contributed by atoms with E-state index in [-0.39, 0.29) is 30.9 Å². The number of fused-ring (bicyclic) bond motifs is 1. The SMILES string of the molecule is O=C(Nc1c[nH]c2ccc(CCOc3ccc(C(F)(F)F)cc3)cc12)C1(C(F)(F)F)CC1. The Balaban J connectivity index is 1.41. The Morgan fingerprint density at radius 2 is 1.72 bits per heavy atom. The van der Waals surface area contributed by atoms with Crippen molar-refractivity contribution in [1.82, 2.24) is 4.98 Å². The van der Waals surface area contributed by atoms with Crippen molar-refractivity contribution in [1.29, 1.82) is 0 Å². The van der Waals surface area contributed by atoms with Crippen LogP contribution < -0.4 is 10.1 Å². The lowest BCUT2D eigenvalue weighted by molar-refractivity contribution is -0.189. The van der Waals surface area contributed by atoms with Gasteiger partial charge in [-0.15, -0.1) is 0 Å². The second-order valence-electron chi connectivity index (χ2n) is 7.74. The molecule has 10 heteroatoms. The van der Waals surface area contributed by atoms with Gasteiger partial charge in [0, 0.05) is 23.5 Å². The molecule has 1 heterocycles. The molecule has 0 spiro atoms. The normalized spacial score (nSPS) is 15.6. The number of rotatable bonds is 6. The highest BCUT2D eigenvalue weighted by Gasteiger charge is 2.68. The molecule has 0 bridgehead atoms. The smallest absolute Gasteiger partial charge is 0.416 e. The number of aromatic amines is 1. The van der Waals surface area contributed by atoms with Gasteiger partial charge in [-0.2, -0.15) is 26.3 Å². The van der Waals surface area contributed by atoms with Gasteiger partial charge in [0.2, 0.25) is 5.91 Å². The first kappa shape index (κ1) is 22.0. The summed E-state index contributed by atoms with van der Waals surface area (Å²) < 4.78 is 82.8. The maximum atomic E-state index is 13.2. The number of hydrogen-bond donors (Lipinski definition) is 2. The Kier molecular flexibility index (Phi) is 5.34. The van der Waals surface area contributed by atoms with Crippen LogP contribution in [0.25, 0.3) is 10.9 Å². The van der Waals surface area contributed by atoms with Crippen LogP contribution in [0.5, 0.6) is 5.75 Å². The summed E-state index contributed by atoms with van der Waals surface area (Å²) in [6, 6.07) is 9.59. The minimum atomic E-state index is -4.59. The topological polar surface area (TPSA) is 54.1 Å². The zero-order valence-corrected chi connectivity index (χ0v) is 16.5. The molecule has 0 unspecified atom stereocenters. The van der Waals surface area contributed by atoms with E-state index in [0.29, 0.717) is 17.3 Å². The minimum absolute atomic E-state index is 0.181. The number of aromatic nitrogens is 1. The summed E-state index contributed by atoms with van der Waals surface area (Å²) >= 11 is 0. The van der Waals surface area contributed by atoms with E-state index in [4.69, 9.17) is 4.74 Å². The zero-order valence-electron chi connectivity index (χ0n) is 16.5. The van der Waals surface area contributed by atoms with Gasteiger partial charge in [0.1, 0.15) is 11.2 Å². The van der Waals surface area contributed by atoms with Crippen LogP contribution >= 0.6 is 0 Å². The Morgan fingerprint density at radius 3 is 2.31 bits per heavy atom. The van der Waals surface area contributed by atoms with Gasteiger partial charge < -0.3 is 15.0 Å². The molecular weight excluding hydrogens is 438 g/mol. The lowest BCUT2D eigenvalue weighted by Crippen LogP contribution is -2.36. The van der Waals surface area contributed by atoms with Gasteiger partial charge in [-0.3, -0.25) is 4.79 Å². The number of hydrogen-bond acceptors (Lipinski definition) is 2. The van der Waals surface area contributed by atoms with E-state index in [1.54, 1.807) is 18.2 Å². The summed E-state index contributed by atoms with van der Waals surface area (Å²) in [6.07, 6.45) is -7.62.